The smallest absolute Gasteiger partial charge is 0.421 e. The molecule has 0 atom stereocenters. The van der Waals surface area contributed by atoms with Crippen molar-refractivity contribution in [2.45, 2.75) is 13.2 Å². The molecule has 1 fully saturated rings. The maximum absolute atomic E-state index is 12.2. The van der Waals surface area contributed by atoms with E-state index in [4.69, 9.17) is 25.5 Å². The Morgan fingerprint density at radius 1 is 0.966 bits per heavy atom. The third-order valence-corrected chi connectivity index (χ3v) is 5.53. The van der Waals surface area contributed by atoms with Crippen LogP contribution in [-0.4, -0.2) is 54.8 Å². The van der Waals surface area contributed by atoms with Crippen LogP contribution < -0.4 is 15.2 Å². The van der Waals surface area contributed by atoms with Gasteiger partial charge in [0, 0.05) is 43.8 Å². The molecule has 0 aliphatic carbocycles. The van der Waals surface area contributed by atoms with Gasteiger partial charge in [0.1, 0.15) is 0 Å². The monoisotopic (exact) mass is 417 g/mol. The van der Waals surface area contributed by atoms with E-state index in [1.165, 1.54) is 5.56 Å². The zero-order chi connectivity index (χ0) is 20.4. The molecule has 8 heteroatoms. The van der Waals surface area contributed by atoms with E-state index in [1.807, 2.05) is 18.2 Å². The first-order chi connectivity index (χ1) is 14.1. The molecule has 0 N–H and O–H groups in total. The number of nitrogens with zero attached hydrogens (tertiary/aromatic N) is 3. The van der Waals surface area contributed by atoms with Crippen molar-refractivity contribution in [2.75, 3.05) is 40.4 Å². The highest BCUT2D eigenvalue weighted by Crippen LogP contribution is 2.28. The number of piperazine rings is 1. The van der Waals surface area contributed by atoms with Crippen LogP contribution in [0, 0.1) is 0 Å². The zero-order valence-electron chi connectivity index (χ0n) is 16.6. The number of oxazole rings is 1. The van der Waals surface area contributed by atoms with Crippen molar-refractivity contribution < 1.29 is 13.9 Å². The molecule has 3 aromatic rings. The number of ether oxygens (including phenoxy) is 2. The van der Waals surface area contributed by atoms with Crippen molar-refractivity contribution in [1.29, 1.82) is 0 Å². The summed E-state index contributed by atoms with van der Waals surface area (Å²) in [6, 6.07) is 11.3. The number of hydrogen-bond donors (Lipinski definition) is 0. The molecule has 0 saturated carbocycles. The molecule has 0 amide bonds. The highest BCUT2D eigenvalue weighted by molar-refractivity contribution is 6.31. The van der Waals surface area contributed by atoms with E-state index in [1.54, 1.807) is 30.9 Å². The van der Waals surface area contributed by atoms with E-state index in [0.717, 1.165) is 49.7 Å². The summed E-state index contributed by atoms with van der Waals surface area (Å²) in [5.74, 6) is 1.13. The standard InChI is InChI=1S/C21H24ClN3O4/c1-27-18-6-3-15(11-20(18)28-2)13-23-7-9-24(10-8-23)14-25-17-5-4-16(22)12-19(17)29-21(25)26/h3-6,11-12H,7-10,13-14H2,1-2H3. The van der Waals surface area contributed by atoms with Crippen LogP contribution >= 0.6 is 11.6 Å². The summed E-state index contributed by atoms with van der Waals surface area (Å²) < 4.78 is 17.7. The summed E-state index contributed by atoms with van der Waals surface area (Å²) in [6.45, 7) is 4.95. The number of rotatable bonds is 6. The molecule has 1 saturated heterocycles. The summed E-state index contributed by atoms with van der Waals surface area (Å²) >= 11 is 5.99. The van der Waals surface area contributed by atoms with Crippen molar-refractivity contribution in [2.24, 2.45) is 0 Å². The van der Waals surface area contributed by atoms with E-state index in [0.29, 0.717) is 17.3 Å². The van der Waals surface area contributed by atoms with Gasteiger partial charge in [-0.05, 0) is 29.8 Å². The average molecular weight is 418 g/mol. The highest BCUT2D eigenvalue weighted by Gasteiger charge is 2.20. The molecule has 0 spiro atoms. The van der Waals surface area contributed by atoms with Gasteiger partial charge < -0.3 is 13.9 Å². The molecule has 1 aliphatic rings. The third kappa shape index (κ3) is 4.27. The number of methoxy groups -OCH3 is 2. The molecule has 1 aliphatic heterocycles. The predicted octanol–water partition coefficient (Wildman–Crippen LogP) is 3.04. The van der Waals surface area contributed by atoms with Crippen molar-refractivity contribution in [3.05, 3.63) is 57.5 Å². The van der Waals surface area contributed by atoms with Gasteiger partial charge in [-0.1, -0.05) is 17.7 Å². The first-order valence-electron chi connectivity index (χ1n) is 9.52. The van der Waals surface area contributed by atoms with Crippen LogP contribution in [0.3, 0.4) is 0 Å². The van der Waals surface area contributed by atoms with E-state index >= 15 is 0 Å². The third-order valence-electron chi connectivity index (χ3n) is 5.29. The molecule has 29 heavy (non-hydrogen) atoms. The molecular weight excluding hydrogens is 394 g/mol. The number of fused-ring (bicyclic) bond motifs is 1. The van der Waals surface area contributed by atoms with Crippen LogP contribution in [0.15, 0.2) is 45.6 Å². The van der Waals surface area contributed by atoms with Gasteiger partial charge in [0.25, 0.3) is 0 Å². The maximum atomic E-state index is 12.2. The van der Waals surface area contributed by atoms with Crippen molar-refractivity contribution in [3.8, 4) is 11.5 Å². The molecule has 2 heterocycles. The van der Waals surface area contributed by atoms with Crippen LogP contribution in [0.5, 0.6) is 11.5 Å². The Morgan fingerprint density at radius 3 is 2.41 bits per heavy atom. The maximum Gasteiger partial charge on any atom is 0.421 e. The first kappa shape index (κ1) is 19.8. The fourth-order valence-electron chi connectivity index (χ4n) is 3.70. The summed E-state index contributed by atoms with van der Waals surface area (Å²) in [5, 5.41) is 0.558. The topological polar surface area (TPSA) is 60.1 Å². The normalized spacial score (nSPS) is 15.7. The van der Waals surface area contributed by atoms with E-state index in [-0.39, 0.29) is 5.76 Å². The Kier molecular flexibility index (Phi) is 5.80. The molecule has 2 aromatic carbocycles. The Hall–Kier alpha value is -2.48. The van der Waals surface area contributed by atoms with Gasteiger partial charge >= 0.3 is 5.76 Å². The number of aromatic nitrogens is 1. The quantitative estimate of drug-likeness (QED) is 0.614. The van der Waals surface area contributed by atoms with Crippen LogP contribution in [0.4, 0.5) is 0 Å². The lowest BCUT2D eigenvalue weighted by atomic mass is 10.1. The SMILES string of the molecule is COc1ccc(CN2CCN(Cn3c(=O)oc4cc(Cl)ccc43)CC2)cc1OC. The number of hydrogen-bond acceptors (Lipinski definition) is 6. The summed E-state index contributed by atoms with van der Waals surface area (Å²) in [6.07, 6.45) is 0. The second kappa shape index (κ2) is 8.49. The second-order valence-electron chi connectivity index (χ2n) is 7.13. The summed E-state index contributed by atoms with van der Waals surface area (Å²) in [4.78, 5) is 16.9. The van der Waals surface area contributed by atoms with Gasteiger partial charge in [0.05, 0.1) is 26.4 Å². The minimum absolute atomic E-state index is 0.352. The van der Waals surface area contributed by atoms with Gasteiger partial charge in [0.2, 0.25) is 0 Å². The summed E-state index contributed by atoms with van der Waals surface area (Å²) in [7, 11) is 3.29. The molecule has 1 aromatic heterocycles. The molecule has 7 nitrogen and oxygen atoms in total. The fraction of sp³-hybridized carbons (Fsp3) is 0.381. The van der Waals surface area contributed by atoms with Gasteiger partial charge in [-0.3, -0.25) is 14.4 Å². The minimum Gasteiger partial charge on any atom is -0.493 e. The van der Waals surface area contributed by atoms with Crippen molar-refractivity contribution in [3.63, 3.8) is 0 Å². The number of benzene rings is 2. The van der Waals surface area contributed by atoms with Crippen LogP contribution in [0.25, 0.3) is 11.1 Å². The van der Waals surface area contributed by atoms with E-state index in [9.17, 15) is 4.79 Å². The molecular formula is C21H24ClN3O4. The largest absolute Gasteiger partial charge is 0.493 e. The molecule has 0 bridgehead atoms. The lowest BCUT2D eigenvalue weighted by Crippen LogP contribution is -2.47. The Morgan fingerprint density at radius 2 is 1.69 bits per heavy atom. The lowest BCUT2D eigenvalue weighted by Gasteiger charge is -2.34. The second-order valence-corrected chi connectivity index (χ2v) is 7.57. The van der Waals surface area contributed by atoms with Gasteiger partial charge in [-0.2, -0.15) is 0 Å². The van der Waals surface area contributed by atoms with Crippen LogP contribution in [0.2, 0.25) is 5.02 Å². The molecule has 154 valence electrons. The summed E-state index contributed by atoms with van der Waals surface area (Å²) in [5.41, 5.74) is 2.48. The van der Waals surface area contributed by atoms with E-state index in [2.05, 4.69) is 15.9 Å². The Bertz CT molecular complexity index is 1050. The van der Waals surface area contributed by atoms with Crippen LogP contribution in [0.1, 0.15) is 5.56 Å². The van der Waals surface area contributed by atoms with Gasteiger partial charge in [-0.25, -0.2) is 4.79 Å². The average Bonchev–Trinajstić information content (AvgIpc) is 3.03. The van der Waals surface area contributed by atoms with Crippen molar-refractivity contribution >= 4 is 22.7 Å². The first-order valence-corrected chi connectivity index (χ1v) is 9.89. The van der Waals surface area contributed by atoms with Gasteiger partial charge in [0.15, 0.2) is 17.1 Å². The number of halogens is 1. The van der Waals surface area contributed by atoms with E-state index < -0.39 is 0 Å². The van der Waals surface area contributed by atoms with Crippen LogP contribution in [-0.2, 0) is 13.2 Å². The zero-order valence-corrected chi connectivity index (χ0v) is 17.3. The fourth-order valence-corrected chi connectivity index (χ4v) is 3.86. The lowest BCUT2D eigenvalue weighted by molar-refractivity contribution is 0.102. The molecule has 4 rings (SSSR count). The highest BCUT2D eigenvalue weighted by atomic mass is 35.5. The Balaban J connectivity index is 1.38. The van der Waals surface area contributed by atoms with Gasteiger partial charge in [-0.15, -0.1) is 0 Å². The predicted molar refractivity (Wildman–Crippen MR) is 112 cm³/mol. The van der Waals surface area contributed by atoms with Crippen molar-refractivity contribution in [1.82, 2.24) is 14.4 Å². The molecule has 0 radical (unpaired) electrons. The Labute approximate surface area is 174 Å². The molecule has 0 unspecified atom stereocenters. The minimum atomic E-state index is -0.352.